The topological polar surface area (TPSA) is 49.6 Å². The summed E-state index contributed by atoms with van der Waals surface area (Å²) in [6.07, 6.45) is 1.19. The van der Waals surface area contributed by atoms with Crippen LogP contribution in [-0.4, -0.2) is 54.5 Å². The SMILES string of the molecule is CC(=O)N(C[C@@H]1CCN(CCN)C1)C(C)C. The standard InChI is InChI=1S/C12H25N3O/c1-10(2)15(11(3)16)9-12-4-6-14(8-12)7-5-13/h10,12H,4-9,13H2,1-3H3/t12-/m1/s1. The zero-order chi connectivity index (χ0) is 12.1. The minimum Gasteiger partial charge on any atom is -0.340 e. The predicted octanol–water partition coefficient (Wildman–Crippen LogP) is 0.524. The molecule has 0 aromatic heterocycles. The van der Waals surface area contributed by atoms with E-state index in [-0.39, 0.29) is 5.91 Å². The molecule has 1 atom stereocenters. The number of hydrogen-bond acceptors (Lipinski definition) is 3. The van der Waals surface area contributed by atoms with Crippen molar-refractivity contribution in [1.29, 1.82) is 0 Å². The number of rotatable bonds is 5. The minimum atomic E-state index is 0.187. The van der Waals surface area contributed by atoms with Crippen molar-refractivity contribution >= 4 is 5.91 Å². The normalized spacial score (nSPS) is 21.7. The van der Waals surface area contributed by atoms with Crippen molar-refractivity contribution in [2.45, 2.75) is 33.2 Å². The van der Waals surface area contributed by atoms with Crippen molar-refractivity contribution in [3.05, 3.63) is 0 Å². The summed E-state index contributed by atoms with van der Waals surface area (Å²) in [4.78, 5) is 15.8. The molecule has 1 aliphatic rings. The molecular weight excluding hydrogens is 202 g/mol. The van der Waals surface area contributed by atoms with Gasteiger partial charge in [0.2, 0.25) is 5.91 Å². The monoisotopic (exact) mass is 227 g/mol. The Labute approximate surface area is 98.8 Å². The molecule has 0 unspecified atom stereocenters. The zero-order valence-corrected chi connectivity index (χ0v) is 10.8. The van der Waals surface area contributed by atoms with Gasteiger partial charge in [-0.25, -0.2) is 0 Å². The maximum atomic E-state index is 11.5. The smallest absolute Gasteiger partial charge is 0.219 e. The Morgan fingerprint density at radius 3 is 2.75 bits per heavy atom. The van der Waals surface area contributed by atoms with Gasteiger partial charge < -0.3 is 15.5 Å². The second-order valence-corrected chi connectivity index (χ2v) is 5.01. The molecule has 16 heavy (non-hydrogen) atoms. The van der Waals surface area contributed by atoms with Crippen molar-refractivity contribution < 1.29 is 4.79 Å². The van der Waals surface area contributed by atoms with E-state index < -0.39 is 0 Å². The molecule has 0 aromatic rings. The number of nitrogens with zero attached hydrogens (tertiary/aromatic N) is 2. The van der Waals surface area contributed by atoms with Crippen LogP contribution in [0.2, 0.25) is 0 Å². The number of carbonyl (C=O) groups is 1. The van der Waals surface area contributed by atoms with E-state index in [0.29, 0.717) is 12.0 Å². The van der Waals surface area contributed by atoms with Gasteiger partial charge >= 0.3 is 0 Å². The number of likely N-dealkylation sites (tertiary alicyclic amines) is 1. The van der Waals surface area contributed by atoms with Crippen molar-refractivity contribution in [3.63, 3.8) is 0 Å². The van der Waals surface area contributed by atoms with Crippen LogP contribution in [-0.2, 0) is 4.79 Å². The second-order valence-electron chi connectivity index (χ2n) is 5.01. The largest absolute Gasteiger partial charge is 0.340 e. The van der Waals surface area contributed by atoms with Gasteiger partial charge in [0.05, 0.1) is 0 Å². The van der Waals surface area contributed by atoms with Crippen LogP contribution in [0, 0.1) is 5.92 Å². The van der Waals surface area contributed by atoms with Gasteiger partial charge in [-0.1, -0.05) is 0 Å². The molecule has 0 aromatic carbocycles. The van der Waals surface area contributed by atoms with Gasteiger partial charge in [-0.15, -0.1) is 0 Å². The lowest BCUT2D eigenvalue weighted by Crippen LogP contribution is -2.39. The summed E-state index contributed by atoms with van der Waals surface area (Å²) < 4.78 is 0. The van der Waals surface area contributed by atoms with Crippen molar-refractivity contribution in [2.24, 2.45) is 11.7 Å². The van der Waals surface area contributed by atoms with Crippen LogP contribution >= 0.6 is 0 Å². The van der Waals surface area contributed by atoms with Crippen LogP contribution in [0.25, 0.3) is 0 Å². The Bertz CT molecular complexity index is 230. The molecule has 2 N–H and O–H groups in total. The van der Waals surface area contributed by atoms with E-state index in [0.717, 1.165) is 32.7 Å². The predicted molar refractivity (Wildman–Crippen MR) is 66.1 cm³/mol. The Hall–Kier alpha value is -0.610. The average Bonchev–Trinajstić information content (AvgIpc) is 2.61. The van der Waals surface area contributed by atoms with Gasteiger partial charge in [0.1, 0.15) is 0 Å². The molecule has 1 fully saturated rings. The third-order valence-corrected chi connectivity index (χ3v) is 3.30. The third kappa shape index (κ3) is 3.76. The van der Waals surface area contributed by atoms with Gasteiger partial charge in [-0.2, -0.15) is 0 Å². The molecule has 1 saturated heterocycles. The molecule has 94 valence electrons. The quantitative estimate of drug-likeness (QED) is 0.745. The fourth-order valence-electron chi connectivity index (χ4n) is 2.43. The van der Waals surface area contributed by atoms with E-state index in [1.807, 2.05) is 4.90 Å². The van der Waals surface area contributed by atoms with Crippen LogP contribution in [0.4, 0.5) is 0 Å². The van der Waals surface area contributed by atoms with Gasteiger partial charge in [0.25, 0.3) is 0 Å². The highest BCUT2D eigenvalue weighted by Gasteiger charge is 2.25. The summed E-state index contributed by atoms with van der Waals surface area (Å²) >= 11 is 0. The van der Waals surface area contributed by atoms with Crippen LogP contribution < -0.4 is 5.73 Å². The molecule has 0 bridgehead atoms. The number of hydrogen-bond donors (Lipinski definition) is 1. The van der Waals surface area contributed by atoms with Crippen molar-refractivity contribution in [2.75, 3.05) is 32.7 Å². The first-order chi connectivity index (χ1) is 7.54. The highest BCUT2D eigenvalue weighted by molar-refractivity contribution is 5.73. The Kier molecular flexibility index (Phi) is 5.22. The summed E-state index contributed by atoms with van der Waals surface area (Å²) in [5, 5.41) is 0. The van der Waals surface area contributed by atoms with Gasteiger partial charge in [-0.05, 0) is 32.7 Å². The molecule has 1 heterocycles. The zero-order valence-electron chi connectivity index (χ0n) is 10.8. The molecule has 0 spiro atoms. The van der Waals surface area contributed by atoms with Crippen molar-refractivity contribution in [1.82, 2.24) is 9.80 Å². The van der Waals surface area contributed by atoms with E-state index in [2.05, 4.69) is 18.7 Å². The van der Waals surface area contributed by atoms with E-state index >= 15 is 0 Å². The summed E-state index contributed by atoms with van der Waals surface area (Å²) in [5.41, 5.74) is 5.55. The second kappa shape index (κ2) is 6.21. The number of carbonyl (C=O) groups excluding carboxylic acids is 1. The van der Waals surface area contributed by atoms with Crippen molar-refractivity contribution in [3.8, 4) is 0 Å². The highest BCUT2D eigenvalue weighted by Crippen LogP contribution is 2.18. The van der Waals surface area contributed by atoms with Gasteiger partial charge in [0.15, 0.2) is 0 Å². The van der Waals surface area contributed by atoms with Gasteiger partial charge in [-0.3, -0.25) is 4.79 Å². The molecule has 4 heteroatoms. The fraction of sp³-hybridized carbons (Fsp3) is 0.917. The first kappa shape index (κ1) is 13.5. The lowest BCUT2D eigenvalue weighted by Gasteiger charge is -2.28. The maximum Gasteiger partial charge on any atom is 0.219 e. The lowest BCUT2D eigenvalue weighted by atomic mass is 10.1. The third-order valence-electron chi connectivity index (χ3n) is 3.30. The van der Waals surface area contributed by atoms with Crippen LogP contribution in [0.15, 0.2) is 0 Å². The molecule has 1 aliphatic heterocycles. The number of amides is 1. The van der Waals surface area contributed by atoms with Gasteiger partial charge in [0, 0.05) is 39.1 Å². The molecular formula is C12H25N3O. The first-order valence-corrected chi connectivity index (χ1v) is 6.24. The molecule has 0 aliphatic carbocycles. The molecule has 4 nitrogen and oxygen atoms in total. The van der Waals surface area contributed by atoms with E-state index in [1.54, 1.807) is 6.92 Å². The molecule has 0 saturated carbocycles. The molecule has 1 amide bonds. The summed E-state index contributed by atoms with van der Waals surface area (Å²) in [6.45, 7) is 10.6. The first-order valence-electron chi connectivity index (χ1n) is 6.24. The number of nitrogens with two attached hydrogens (primary N) is 1. The fourth-order valence-corrected chi connectivity index (χ4v) is 2.43. The highest BCUT2D eigenvalue weighted by atomic mass is 16.2. The Morgan fingerprint density at radius 1 is 1.56 bits per heavy atom. The van der Waals surface area contributed by atoms with Crippen LogP contribution in [0.5, 0.6) is 0 Å². The Balaban J connectivity index is 2.39. The Morgan fingerprint density at radius 2 is 2.25 bits per heavy atom. The van der Waals surface area contributed by atoms with E-state index in [9.17, 15) is 4.79 Å². The van der Waals surface area contributed by atoms with E-state index in [1.165, 1.54) is 6.42 Å². The minimum absolute atomic E-state index is 0.187. The maximum absolute atomic E-state index is 11.5. The summed E-state index contributed by atoms with van der Waals surface area (Å²) in [6, 6.07) is 0.307. The molecule has 1 rings (SSSR count). The lowest BCUT2D eigenvalue weighted by molar-refractivity contribution is -0.131. The summed E-state index contributed by atoms with van der Waals surface area (Å²) in [5.74, 6) is 0.810. The van der Waals surface area contributed by atoms with Crippen LogP contribution in [0.1, 0.15) is 27.2 Å². The average molecular weight is 227 g/mol. The summed E-state index contributed by atoms with van der Waals surface area (Å²) in [7, 11) is 0. The molecule has 0 radical (unpaired) electrons. The van der Waals surface area contributed by atoms with E-state index in [4.69, 9.17) is 5.73 Å². The van der Waals surface area contributed by atoms with Crippen LogP contribution in [0.3, 0.4) is 0 Å².